The number of alkyl halides is 1. The predicted molar refractivity (Wildman–Crippen MR) is 57.6 cm³/mol. The lowest BCUT2D eigenvalue weighted by molar-refractivity contribution is 0.604. The third kappa shape index (κ3) is 2.33. The van der Waals surface area contributed by atoms with E-state index in [0.717, 1.165) is 16.2 Å². The van der Waals surface area contributed by atoms with Crippen LogP contribution in [0.3, 0.4) is 0 Å². The molecule has 1 aromatic heterocycles. The monoisotopic (exact) mass is 294 g/mol. The largest absolute Gasteiger partial charge is 0.271 e. The molecular weight excluding hydrogens is 284 g/mol. The van der Waals surface area contributed by atoms with Gasteiger partial charge in [-0.1, -0.05) is 22.9 Å². The fourth-order valence-corrected chi connectivity index (χ4v) is 1.79. The van der Waals surface area contributed by atoms with Crippen LogP contribution in [0.15, 0.2) is 10.7 Å². The Morgan fingerprint density at radius 1 is 1.67 bits per heavy atom. The second kappa shape index (κ2) is 4.42. The van der Waals surface area contributed by atoms with Crippen molar-refractivity contribution in [2.75, 3.05) is 5.33 Å². The first-order valence-electron chi connectivity index (χ1n) is 3.87. The molecule has 1 atom stereocenters. The smallest absolute Gasteiger partial charge is 0.0635 e. The molecule has 0 radical (unpaired) electrons. The van der Waals surface area contributed by atoms with Crippen molar-refractivity contribution in [1.29, 1.82) is 0 Å². The summed E-state index contributed by atoms with van der Waals surface area (Å²) in [4.78, 5) is 0. The molecule has 1 rings (SSSR count). The Labute approximate surface area is 89.6 Å². The molecule has 0 aliphatic heterocycles. The van der Waals surface area contributed by atoms with Crippen molar-refractivity contribution >= 4 is 31.9 Å². The summed E-state index contributed by atoms with van der Waals surface area (Å²) in [6.45, 7) is 2.22. The van der Waals surface area contributed by atoms with Crippen molar-refractivity contribution in [3.8, 4) is 0 Å². The molecule has 4 heteroatoms. The van der Waals surface area contributed by atoms with E-state index in [1.54, 1.807) is 0 Å². The van der Waals surface area contributed by atoms with Crippen molar-refractivity contribution < 1.29 is 0 Å². The highest BCUT2D eigenvalue weighted by Gasteiger charge is 2.09. The van der Waals surface area contributed by atoms with E-state index in [0.29, 0.717) is 5.92 Å². The van der Waals surface area contributed by atoms with Crippen LogP contribution in [-0.4, -0.2) is 15.1 Å². The molecular formula is C8H12Br2N2. The van der Waals surface area contributed by atoms with Crippen LogP contribution in [0.1, 0.15) is 12.6 Å². The lowest BCUT2D eigenvalue weighted by Gasteiger charge is -2.07. The number of hydrogen-bond acceptors (Lipinski definition) is 1. The lowest BCUT2D eigenvalue weighted by Crippen LogP contribution is -2.06. The highest BCUT2D eigenvalue weighted by molar-refractivity contribution is 9.10. The van der Waals surface area contributed by atoms with Gasteiger partial charge < -0.3 is 0 Å². The van der Waals surface area contributed by atoms with Gasteiger partial charge in [-0.15, -0.1) is 0 Å². The number of rotatable bonds is 3. The number of aromatic nitrogens is 2. The van der Waals surface area contributed by atoms with Crippen molar-refractivity contribution in [2.24, 2.45) is 13.0 Å². The van der Waals surface area contributed by atoms with Crippen molar-refractivity contribution in [1.82, 2.24) is 9.78 Å². The Hall–Kier alpha value is 0.170. The Balaban J connectivity index is 2.73. The lowest BCUT2D eigenvalue weighted by atomic mass is 10.1. The molecule has 1 unspecified atom stereocenters. The molecule has 0 N–H and O–H groups in total. The van der Waals surface area contributed by atoms with Crippen LogP contribution in [0.5, 0.6) is 0 Å². The van der Waals surface area contributed by atoms with Crippen LogP contribution in [0.4, 0.5) is 0 Å². The van der Waals surface area contributed by atoms with Crippen LogP contribution in [0.25, 0.3) is 0 Å². The first-order valence-corrected chi connectivity index (χ1v) is 5.79. The Morgan fingerprint density at radius 3 is 2.75 bits per heavy atom. The third-order valence-corrected chi connectivity index (χ3v) is 3.58. The number of aryl methyl sites for hydroxylation is 1. The summed E-state index contributed by atoms with van der Waals surface area (Å²) in [5.74, 6) is 0.650. The van der Waals surface area contributed by atoms with Crippen molar-refractivity contribution in [2.45, 2.75) is 13.3 Å². The summed E-state index contributed by atoms with van der Waals surface area (Å²) in [6.07, 6.45) is 2.90. The second-order valence-electron chi connectivity index (χ2n) is 3.03. The molecule has 0 spiro atoms. The number of hydrogen-bond donors (Lipinski definition) is 0. The zero-order chi connectivity index (χ0) is 9.14. The average molecular weight is 296 g/mol. The molecule has 1 heterocycles. The molecule has 12 heavy (non-hydrogen) atoms. The van der Waals surface area contributed by atoms with Crippen LogP contribution in [0.2, 0.25) is 0 Å². The zero-order valence-electron chi connectivity index (χ0n) is 7.22. The standard InChI is InChI=1S/C8H12Br2N2/c1-6(4-9)3-8-7(10)5-11-12(8)2/h5-6H,3-4H2,1-2H3. The van der Waals surface area contributed by atoms with Gasteiger partial charge in [0.1, 0.15) is 0 Å². The molecule has 0 fully saturated rings. The minimum absolute atomic E-state index is 0.650. The topological polar surface area (TPSA) is 17.8 Å². The normalized spacial score (nSPS) is 13.3. The molecule has 2 nitrogen and oxygen atoms in total. The highest BCUT2D eigenvalue weighted by atomic mass is 79.9. The molecule has 0 saturated heterocycles. The predicted octanol–water partition coefficient (Wildman–Crippen LogP) is 2.76. The van der Waals surface area contributed by atoms with Gasteiger partial charge in [0.15, 0.2) is 0 Å². The number of halogens is 2. The molecule has 0 aliphatic carbocycles. The average Bonchev–Trinajstić information content (AvgIpc) is 2.35. The summed E-state index contributed by atoms with van der Waals surface area (Å²) in [5, 5.41) is 5.19. The minimum Gasteiger partial charge on any atom is -0.271 e. The minimum atomic E-state index is 0.650. The van der Waals surface area contributed by atoms with E-state index in [2.05, 4.69) is 43.9 Å². The van der Waals surface area contributed by atoms with Crippen LogP contribution >= 0.6 is 31.9 Å². The summed E-state index contributed by atoms with van der Waals surface area (Å²) in [6, 6.07) is 0. The second-order valence-corrected chi connectivity index (χ2v) is 4.53. The summed E-state index contributed by atoms with van der Waals surface area (Å²) in [7, 11) is 1.97. The first kappa shape index (κ1) is 10.3. The molecule has 0 aromatic carbocycles. The van der Waals surface area contributed by atoms with Crippen LogP contribution < -0.4 is 0 Å². The van der Waals surface area contributed by atoms with Gasteiger partial charge in [-0.3, -0.25) is 4.68 Å². The van der Waals surface area contributed by atoms with Crippen molar-refractivity contribution in [3.05, 3.63) is 16.4 Å². The number of nitrogens with zero attached hydrogens (tertiary/aromatic N) is 2. The van der Waals surface area contributed by atoms with Gasteiger partial charge in [0.2, 0.25) is 0 Å². The van der Waals surface area contributed by atoms with E-state index < -0.39 is 0 Å². The highest BCUT2D eigenvalue weighted by Crippen LogP contribution is 2.19. The fourth-order valence-electron chi connectivity index (χ4n) is 1.05. The summed E-state index contributed by atoms with van der Waals surface area (Å²) >= 11 is 6.94. The van der Waals surface area contributed by atoms with Crippen LogP contribution in [0, 0.1) is 5.92 Å². The van der Waals surface area contributed by atoms with E-state index in [1.165, 1.54) is 5.69 Å². The zero-order valence-corrected chi connectivity index (χ0v) is 10.4. The van der Waals surface area contributed by atoms with Gasteiger partial charge in [0.05, 0.1) is 16.4 Å². The van der Waals surface area contributed by atoms with Crippen molar-refractivity contribution in [3.63, 3.8) is 0 Å². The van der Waals surface area contributed by atoms with Crippen LogP contribution in [-0.2, 0) is 13.5 Å². The summed E-state index contributed by atoms with van der Waals surface area (Å²) < 4.78 is 3.03. The Morgan fingerprint density at radius 2 is 2.33 bits per heavy atom. The Bertz CT molecular complexity index is 238. The maximum absolute atomic E-state index is 4.16. The molecule has 68 valence electrons. The van der Waals surface area contributed by atoms with E-state index >= 15 is 0 Å². The molecule has 0 aliphatic rings. The molecule has 0 bridgehead atoms. The molecule has 1 aromatic rings. The maximum Gasteiger partial charge on any atom is 0.0635 e. The van der Waals surface area contributed by atoms with Gasteiger partial charge in [0, 0.05) is 12.4 Å². The van der Waals surface area contributed by atoms with E-state index in [9.17, 15) is 0 Å². The SMILES string of the molecule is CC(CBr)Cc1c(Br)cnn1C. The van der Waals surface area contributed by atoms with E-state index in [-0.39, 0.29) is 0 Å². The summed E-state index contributed by atoms with van der Waals surface area (Å²) in [5.41, 5.74) is 1.27. The quantitative estimate of drug-likeness (QED) is 0.784. The van der Waals surface area contributed by atoms with E-state index in [4.69, 9.17) is 0 Å². The third-order valence-electron chi connectivity index (χ3n) is 1.82. The first-order chi connectivity index (χ1) is 5.65. The van der Waals surface area contributed by atoms with Gasteiger partial charge in [-0.2, -0.15) is 5.10 Å². The van der Waals surface area contributed by atoms with Gasteiger partial charge in [-0.05, 0) is 28.3 Å². The van der Waals surface area contributed by atoms with E-state index in [1.807, 2.05) is 17.9 Å². The Kier molecular flexibility index (Phi) is 3.77. The van der Waals surface area contributed by atoms with Gasteiger partial charge >= 0.3 is 0 Å². The molecule has 0 amide bonds. The maximum atomic E-state index is 4.16. The fraction of sp³-hybridized carbons (Fsp3) is 0.625. The van der Waals surface area contributed by atoms with Gasteiger partial charge in [-0.25, -0.2) is 0 Å². The van der Waals surface area contributed by atoms with Gasteiger partial charge in [0.25, 0.3) is 0 Å². The molecule has 0 saturated carbocycles.